The number of aliphatic hydroxyl groups is 2. The normalized spacial score (nSPS) is 12.2. The number of carbonyl (C=O) groups excluding carboxylic acids is 1. The van der Waals surface area contributed by atoms with E-state index in [1.54, 1.807) is 0 Å². The first-order chi connectivity index (χ1) is 16.0. The molecule has 0 aliphatic carbocycles. The van der Waals surface area contributed by atoms with Gasteiger partial charge >= 0.3 is 6.03 Å². The van der Waals surface area contributed by atoms with Gasteiger partial charge in [-0.2, -0.15) is 0 Å². The molecule has 0 unspecified atom stereocenters. The van der Waals surface area contributed by atoms with Gasteiger partial charge in [0.25, 0.3) is 0 Å². The van der Waals surface area contributed by atoms with Gasteiger partial charge in [0.2, 0.25) is 5.71 Å². The first-order valence-corrected chi connectivity index (χ1v) is 10.3. The lowest BCUT2D eigenvalue weighted by molar-refractivity contribution is -0.111. The van der Waals surface area contributed by atoms with Crippen molar-refractivity contribution >= 4 is 23.2 Å². The molecule has 0 aliphatic heterocycles. The summed E-state index contributed by atoms with van der Waals surface area (Å²) in [5, 5.41) is 31.7. The molecular weight excluding hydrogens is 444 g/mol. The third kappa shape index (κ3) is 5.72. The summed E-state index contributed by atoms with van der Waals surface area (Å²) >= 11 is 0. The number of aliphatic hydroxyl groups excluding tert-OH is 1. The van der Waals surface area contributed by atoms with Crippen molar-refractivity contribution in [2.45, 2.75) is 32.1 Å². The van der Waals surface area contributed by atoms with Gasteiger partial charge in [0.05, 0.1) is 35.2 Å². The summed E-state index contributed by atoms with van der Waals surface area (Å²) in [6.45, 7) is 2.48. The number of carbonyl (C=O) groups is 1. The Morgan fingerprint density at radius 2 is 1.68 bits per heavy atom. The van der Waals surface area contributed by atoms with E-state index < -0.39 is 35.9 Å². The number of benzene rings is 2. The highest BCUT2D eigenvalue weighted by molar-refractivity contribution is 6.13. The lowest BCUT2D eigenvalue weighted by Gasteiger charge is -2.30. The van der Waals surface area contributed by atoms with Crippen molar-refractivity contribution in [2.75, 3.05) is 11.1 Å². The lowest BCUT2D eigenvalue weighted by Crippen LogP contribution is -2.44. The molecule has 0 fully saturated rings. The Labute approximate surface area is 195 Å². The Morgan fingerprint density at radius 1 is 1.12 bits per heavy atom. The van der Waals surface area contributed by atoms with E-state index in [1.807, 2.05) is 0 Å². The maximum Gasteiger partial charge on any atom is 0.320 e. The van der Waals surface area contributed by atoms with Crippen LogP contribution in [-0.4, -0.2) is 32.5 Å². The summed E-state index contributed by atoms with van der Waals surface area (Å²) in [4.78, 5) is 16.9. The minimum atomic E-state index is -1.37. The summed E-state index contributed by atoms with van der Waals surface area (Å²) < 4.78 is 26.5. The van der Waals surface area contributed by atoms with E-state index in [-0.39, 0.29) is 28.5 Å². The molecule has 2 aromatic carbocycles. The third-order valence-electron chi connectivity index (χ3n) is 5.13. The van der Waals surface area contributed by atoms with Gasteiger partial charge in [-0.25, -0.2) is 18.6 Å². The van der Waals surface area contributed by atoms with E-state index >= 15 is 0 Å². The largest absolute Gasteiger partial charge is 0.398 e. The van der Waals surface area contributed by atoms with Crippen LogP contribution in [-0.2, 0) is 6.61 Å². The number of nitrogen functional groups attached to an aromatic ring is 1. The number of nitrogens with two attached hydrogens (primary N) is 2. The minimum absolute atomic E-state index is 0.0308. The maximum atomic E-state index is 13.3. The van der Waals surface area contributed by atoms with Crippen LogP contribution in [0.4, 0.5) is 25.1 Å². The molecule has 0 saturated carbocycles. The van der Waals surface area contributed by atoms with E-state index in [1.165, 1.54) is 68.4 Å². The number of hydrogen-bond donors (Lipinski definition) is 6. The van der Waals surface area contributed by atoms with E-state index in [0.29, 0.717) is 11.1 Å². The predicted octanol–water partition coefficient (Wildman–Crippen LogP) is 1.66. The highest BCUT2D eigenvalue weighted by Gasteiger charge is 2.30. The van der Waals surface area contributed by atoms with E-state index in [2.05, 4.69) is 15.6 Å². The van der Waals surface area contributed by atoms with Crippen molar-refractivity contribution in [2.24, 2.45) is 0 Å². The number of rotatable bonds is 7. The van der Waals surface area contributed by atoms with Crippen LogP contribution in [0.25, 0.3) is 0 Å². The van der Waals surface area contributed by atoms with Gasteiger partial charge < -0.3 is 21.3 Å². The molecule has 1 aromatic heterocycles. The standard InChI is InChI=1S/C24H25F2N5O3/c1-24(2,34)22(14-5-9-16(26)10-6-14)31-23(33)30-19-11-17(27)20(18(12-32)29-19)21(28)13-3-7-15(25)8-4-13/h3-11,22,28,32,34H,12H2,1-2H3,(H4,27,29,30,31,33)/p+1/t22-/m0/s1. The van der Waals surface area contributed by atoms with Crippen molar-refractivity contribution in [1.29, 1.82) is 0 Å². The Bertz CT molecular complexity index is 1190. The van der Waals surface area contributed by atoms with Crippen LogP contribution >= 0.6 is 0 Å². The maximum absolute atomic E-state index is 13.3. The average Bonchev–Trinajstić information content (AvgIpc) is 2.77. The van der Waals surface area contributed by atoms with Gasteiger partial charge in [-0.15, -0.1) is 0 Å². The fraction of sp³-hybridized carbons (Fsp3) is 0.208. The van der Waals surface area contributed by atoms with Gasteiger partial charge in [0.15, 0.2) is 0 Å². The molecule has 2 amide bonds. The summed E-state index contributed by atoms with van der Waals surface area (Å²) in [6.07, 6.45) is 0. The number of anilines is 2. The van der Waals surface area contributed by atoms with Crippen LogP contribution in [0.2, 0.25) is 0 Å². The summed E-state index contributed by atoms with van der Waals surface area (Å²) in [5.74, 6) is -0.848. The Morgan fingerprint density at radius 3 is 2.21 bits per heavy atom. The molecule has 1 heterocycles. The molecular formula is C24H26F2N5O3+. The molecule has 178 valence electrons. The molecule has 3 aromatic rings. The van der Waals surface area contributed by atoms with Gasteiger partial charge in [0.1, 0.15) is 17.5 Å². The molecule has 0 spiro atoms. The fourth-order valence-corrected chi connectivity index (χ4v) is 3.49. The SMILES string of the molecule is CC(C)(O)[C@@H](NC(=O)Nc1cc(N)c(C(=[NH2+])c2ccc(F)cc2)c(CO)n1)c1ccc(F)cc1. The zero-order valence-corrected chi connectivity index (χ0v) is 18.6. The number of amides is 2. The number of nitrogens with one attached hydrogen (secondary N) is 2. The van der Waals surface area contributed by atoms with Crippen LogP contribution in [0.1, 0.15) is 42.3 Å². The highest BCUT2D eigenvalue weighted by Crippen LogP contribution is 2.27. The number of halogens is 2. The topological polar surface area (TPSA) is 146 Å². The van der Waals surface area contributed by atoms with Crippen molar-refractivity contribution in [3.8, 4) is 0 Å². The second-order valence-electron chi connectivity index (χ2n) is 8.23. The molecule has 3 rings (SSSR count). The van der Waals surface area contributed by atoms with Crippen LogP contribution in [0.5, 0.6) is 0 Å². The van der Waals surface area contributed by atoms with Crippen molar-refractivity contribution in [3.63, 3.8) is 0 Å². The van der Waals surface area contributed by atoms with Crippen LogP contribution in [0.3, 0.4) is 0 Å². The molecule has 34 heavy (non-hydrogen) atoms. The Hall–Kier alpha value is -3.89. The van der Waals surface area contributed by atoms with Gasteiger partial charge in [0, 0.05) is 11.6 Å². The first-order valence-electron chi connectivity index (χ1n) is 10.3. The molecule has 0 bridgehead atoms. The molecule has 10 heteroatoms. The zero-order chi connectivity index (χ0) is 25.0. The van der Waals surface area contributed by atoms with Gasteiger partial charge in [-0.1, -0.05) is 12.1 Å². The molecule has 0 radical (unpaired) electrons. The average molecular weight is 471 g/mol. The molecule has 0 saturated heterocycles. The van der Waals surface area contributed by atoms with Crippen LogP contribution in [0.15, 0.2) is 54.6 Å². The van der Waals surface area contributed by atoms with E-state index in [4.69, 9.17) is 11.1 Å². The predicted molar refractivity (Wildman–Crippen MR) is 124 cm³/mol. The van der Waals surface area contributed by atoms with Gasteiger partial charge in [-0.05, 0) is 55.8 Å². The minimum Gasteiger partial charge on any atom is -0.398 e. The number of urea groups is 1. The summed E-state index contributed by atoms with van der Waals surface area (Å²) in [6, 6.07) is 10.6. The molecule has 1 atom stereocenters. The Balaban J connectivity index is 1.84. The van der Waals surface area contributed by atoms with E-state index in [0.717, 1.165) is 0 Å². The van der Waals surface area contributed by atoms with E-state index in [9.17, 15) is 23.8 Å². The number of hydrogen-bond acceptors (Lipinski definition) is 5. The second kappa shape index (κ2) is 9.94. The summed E-state index contributed by atoms with van der Waals surface area (Å²) in [5.41, 5.74) is 6.43. The highest BCUT2D eigenvalue weighted by atomic mass is 19.1. The number of aromatic nitrogens is 1. The van der Waals surface area contributed by atoms with Crippen LogP contribution in [0, 0.1) is 11.6 Å². The quantitative estimate of drug-likeness (QED) is 0.291. The van der Waals surface area contributed by atoms with Crippen molar-refractivity contribution in [1.82, 2.24) is 10.3 Å². The number of nitrogens with zero attached hydrogens (tertiary/aromatic N) is 1. The third-order valence-corrected chi connectivity index (χ3v) is 5.13. The fourth-order valence-electron chi connectivity index (χ4n) is 3.49. The second-order valence-corrected chi connectivity index (χ2v) is 8.23. The van der Waals surface area contributed by atoms with Gasteiger partial charge in [-0.3, -0.25) is 10.7 Å². The monoisotopic (exact) mass is 470 g/mol. The summed E-state index contributed by atoms with van der Waals surface area (Å²) in [7, 11) is 0. The zero-order valence-electron chi connectivity index (χ0n) is 18.6. The molecule has 8 N–H and O–H groups in total. The van der Waals surface area contributed by atoms with Crippen LogP contribution < -0.4 is 21.8 Å². The Kier molecular flexibility index (Phi) is 7.23. The first kappa shape index (κ1) is 24.7. The molecule has 8 nitrogen and oxygen atoms in total. The van der Waals surface area contributed by atoms with Crippen molar-refractivity contribution < 1.29 is 29.2 Å². The number of pyridine rings is 1. The smallest absolute Gasteiger partial charge is 0.320 e. The molecule has 0 aliphatic rings. The lowest BCUT2D eigenvalue weighted by atomic mass is 9.92. The van der Waals surface area contributed by atoms with Crippen molar-refractivity contribution in [3.05, 3.63) is 88.6 Å².